The van der Waals surface area contributed by atoms with Crippen LogP contribution < -0.4 is 10.3 Å². The minimum absolute atomic E-state index is 0.192. The number of para-hydroxylation sites is 2. The van der Waals surface area contributed by atoms with E-state index in [0.717, 1.165) is 28.8 Å². The number of aromatic amines is 1. The van der Waals surface area contributed by atoms with Crippen molar-refractivity contribution in [1.82, 2.24) is 9.97 Å². The first-order valence-corrected chi connectivity index (χ1v) is 7.66. The third-order valence-corrected chi connectivity index (χ3v) is 3.41. The summed E-state index contributed by atoms with van der Waals surface area (Å²) in [6, 6.07) is 15.2. The monoisotopic (exact) mass is 306 g/mol. The molecule has 2 aromatic carbocycles. The van der Waals surface area contributed by atoms with Gasteiger partial charge in [-0.1, -0.05) is 37.3 Å². The van der Waals surface area contributed by atoms with Crippen molar-refractivity contribution in [1.29, 1.82) is 0 Å². The van der Waals surface area contributed by atoms with Crippen LogP contribution in [0.5, 0.6) is 5.75 Å². The van der Waals surface area contributed by atoms with Gasteiger partial charge in [-0.2, -0.15) is 0 Å². The summed E-state index contributed by atoms with van der Waals surface area (Å²) in [4.78, 5) is 19.3. The van der Waals surface area contributed by atoms with Gasteiger partial charge in [0, 0.05) is 0 Å². The zero-order valence-corrected chi connectivity index (χ0v) is 13.0. The fraction of sp³-hybridized carbons (Fsp3) is 0.158. The van der Waals surface area contributed by atoms with Crippen LogP contribution in [0.2, 0.25) is 0 Å². The molecule has 0 amide bonds. The van der Waals surface area contributed by atoms with Gasteiger partial charge < -0.3 is 9.72 Å². The van der Waals surface area contributed by atoms with Crippen LogP contribution in [0.25, 0.3) is 23.2 Å². The van der Waals surface area contributed by atoms with E-state index in [9.17, 15) is 4.79 Å². The molecule has 0 aliphatic carbocycles. The lowest BCUT2D eigenvalue weighted by molar-refractivity contribution is 0.317. The molecule has 0 aliphatic heterocycles. The highest BCUT2D eigenvalue weighted by molar-refractivity contribution is 5.76. The van der Waals surface area contributed by atoms with Crippen LogP contribution in [-0.4, -0.2) is 16.6 Å². The van der Waals surface area contributed by atoms with Gasteiger partial charge in [0.05, 0.1) is 17.6 Å². The van der Waals surface area contributed by atoms with Crippen molar-refractivity contribution in [3.05, 3.63) is 70.1 Å². The van der Waals surface area contributed by atoms with Gasteiger partial charge in [0.2, 0.25) is 0 Å². The highest BCUT2D eigenvalue weighted by Crippen LogP contribution is 2.14. The van der Waals surface area contributed by atoms with Crippen molar-refractivity contribution in [2.45, 2.75) is 13.3 Å². The first kappa shape index (κ1) is 15.0. The van der Waals surface area contributed by atoms with Gasteiger partial charge in [-0.3, -0.25) is 4.79 Å². The molecule has 4 heteroatoms. The zero-order chi connectivity index (χ0) is 16.1. The standard InChI is InChI=1S/C19H18N2O2/c1-2-13-23-15-10-7-14(8-11-15)9-12-18-19(22)21-17-6-4-3-5-16(17)20-18/h3-12H,2,13H2,1H3,(H,21,22)/b12-9+. The normalized spacial score (nSPS) is 11.2. The molecule has 116 valence electrons. The Balaban J connectivity index is 1.82. The van der Waals surface area contributed by atoms with E-state index in [-0.39, 0.29) is 5.56 Å². The van der Waals surface area contributed by atoms with Gasteiger partial charge in [0.25, 0.3) is 5.56 Å². The molecule has 1 aromatic heterocycles. The van der Waals surface area contributed by atoms with Crippen molar-refractivity contribution in [3.63, 3.8) is 0 Å². The van der Waals surface area contributed by atoms with Gasteiger partial charge in [-0.05, 0) is 42.3 Å². The summed E-state index contributed by atoms with van der Waals surface area (Å²) in [6.07, 6.45) is 4.58. The Morgan fingerprint density at radius 1 is 1.09 bits per heavy atom. The van der Waals surface area contributed by atoms with E-state index >= 15 is 0 Å². The van der Waals surface area contributed by atoms with Crippen molar-refractivity contribution >= 4 is 23.2 Å². The number of aromatic nitrogens is 2. The van der Waals surface area contributed by atoms with E-state index in [2.05, 4.69) is 16.9 Å². The molecule has 4 nitrogen and oxygen atoms in total. The third kappa shape index (κ3) is 3.66. The molecule has 0 spiro atoms. The predicted molar refractivity (Wildman–Crippen MR) is 93.5 cm³/mol. The molecular formula is C19H18N2O2. The smallest absolute Gasteiger partial charge is 0.274 e. The SMILES string of the molecule is CCCOc1ccc(/C=C/c2nc3ccccc3[nH]c2=O)cc1. The number of rotatable bonds is 5. The molecule has 3 aromatic rings. The summed E-state index contributed by atoms with van der Waals surface area (Å²) < 4.78 is 5.55. The largest absolute Gasteiger partial charge is 0.494 e. The number of H-pyrrole nitrogens is 1. The molecule has 0 bridgehead atoms. The molecule has 0 unspecified atom stereocenters. The molecule has 0 atom stereocenters. The molecule has 0 aliphatic rings. The molecule has 0 saturated heterocycles. The van der Waals surface area contributed by atoms with E-state index in [1.54, 1.807) is 6.08 Å². The van der Waals surface area contributed by atoms with E-state index in [0.29, 0.717) is 12.3 Å². The summed E-state index contributed by atoms with van der Waals surface area (Å²) in [6.45, 7) is 2.79. The lowest BCUT2D eigenvalue weighted by Crippen LogP contribution is -2.11. The first-order valence-electron chi connectivity index (χ1n) is 7.66. The Bertz CT molecular complexity index is 880. The molecular weight excluding hydrogens is 288 g/mol. The average molecular weight is 306 g/mol. The van der Waals surface area contributed by atoms with Crippen LogP contribution in [0.4, 0.5) is 0 Å². The second kappa shape index (κ2) is 6.92. The highest BCUT2D eigenvalue weighted by atomic mass is 16.5. The third-order valence-electron chi connectivity index (χ3n) is 3.41. The maximum Gasteiger partial charge on any atom is 0.274 e. The number of hydrogen-bond donors (Lipinski definition) is 1. The van der Waals surface area contributed by atoms with Gasteiger partial charge in [-0.25, -0.2) is 4.98 Å². The van der Waals surface area contributed by atoms with Crippen LogP contribution in [0.3, 0.4) is 0 Å². The van der Waals surface area contributed by atoms with Gasteiger partial charge in [0.15, 0.2) is 0 Å². The van der Waals surface area contributed by atoms with Crippen LogP contribution in [0.15, 0.2) is 53.3 Å². The lowest BCUT2D eigenvalue weighted by Gasteiger charge is -2.04. The van der Waals surface area contributed by atoms with Gasteiger partial charge in [0.1, 0.15) is 11.4 Å². The number of ether oxygens (including phenoxy) is 1. The fourth-order valence-electron chi connectivity index (χ4n) is 2.23. The molecule has 0 radical (unpaired) electrons. The lowest BCUT2D eigenvalue weighted by atomic mass is 10.2. The minimum atomic E-state index is -0.192. The summed E-state index contributed by atoms with van der Waals surface area (Å²) in [5.41, 5.74) is 2.71. The number of hydrogen-bond acceptors (Lipinski definition) is 3. The molecule has 0 fully saturated rings. The van der Waals surface area contributed by atoms with Crippen molar-refractivity contribution < 1.29 is 4.74 Å². The van der Waals surface area contributed by atoms with Crippen LogP contribution in [-0.2, 0) is 0 Å². The summed E-state index contributed by atoms with van der Waals surface area (Å²) in [5, 5.41) is 0. The fourth-order valence-corrected chi connectivity index (χ4v) is 2.23. The van der Waals surface area contributed by atoms with Gasteiger partial charge in [-0.15, -0.1) is 0 Å². The summed E-state index contributed by atoms with van der Waals surface area (Å²) in [7, 11) is 0. The van der Waals surface area contributed by atoms with E-state index in [1.807, 2.05) is 54.6 Å². The van der Waals surface area contributed by atoms with Crippen LogP contribution in [0, 0.1) is 0 Å². The van der Waals surface area contributed by atoms with Crippen molar-refractivity contribution in [2.75, 3.05) is 6.61 Å². The Labute approximate surface area is 134 Å². The van der Waals surface area contributed by atoms with E-state index < -0.39 is 0 Å². The van der Waals surface area contributed by atoms with Crippen LogP contribution in [0.1, 0.15) is 24.6 Å². The number of fused-ring (bicyclic) bond motifs is 1. The Morgan fingerprint density at radius 3 is 2.65 bits per heavy atom. The van der Waals surface area contributed by atoms with Crippen molar-refractivity contribution in [3.8, 4) is 5.75 Å². The summed E-state index contributed by atoms with van der Waals surface area (Å²) in [5.74, 6) is 0.852. The maximum atomic E-state index is 12.0. The Morgan fingerprint density at radius 2 is 1.87 bits per heavy atom. The Hall–Kier alpha value is -2.88. The number of benzene rings is 2. The van der Waals surface area contributed by atoms with Gasteiger partial charge >= 0.3 is 0 Å². The minimum Gasteiger partial charge on any atom is -0.494 e. The highest BCUT2D eigenvalue weighted by Gasteiger charge is 2.01. The predicted octanol–water partition coefficient (Wildman–Crippen LogP) is 3.88. The average Bonchev–Trinajstić information content (AvgIpc) is 2.59. The second-order valence-electron chi connectivity index (χ2n) is 5.22. The second-order valence-corrected chi connectivity index (χ2v) is 5.22. The zero-order valence-electron chi connectivity index (χ0n) is 13.0. The number of nitrogens with one attached hydrogen (secondary N) is 1. The topological polar surface area (TPSA) is 55.0 Å². The molecule has 1 heterocycles. The quantitative estimate of drug-likeness (QED) is 0.778. The molecule has 0 saturated carbocycles. The van der Waals surface area contributed by atoms with Crippen molar-refractivity contribution in [2.24, 2.45) is 0 Å². The Kier molecular flexibility index (Phi) is 4.52. The van der Waals surface area contributed by atoms with E-state index in [1.165, 1.54) is 0 Å². The van der Waals surface area contributed by atoms with E-state index in [4.69, 9.17) is 4.74 Å². The van der Waals surface area contributed by atoms with Crippen LogP contribution >= 0.6 is 0 Å². The number of nitrogens with zero attached hydrogens (tertiary/aromatic N) is 1. The molecule has 1 N–H and O–H groups in total. The maximum absolute atomic E-state index is 12.0. The molecule has 23 heavy (non-hydrogen) atoms. The molecule has 3 rings (SSSR count). The first-order chi connectivity index (χ1) is 11.3. The summed E-state index contributed by atoms with van der Waals surface area (Å²) >= 11 is 0.